The number of carbonyl (C=O) groups is 2. The highest BCUT2D eigenvalue weighted by Gasteiger charge is 2.18. The molecule has 0 saturated carbocycles. The molecule has 0 aliphatic heterocycles. The van der Waals surface area contributed by atoms with Crippen molar-refractivity contribution in [2.75, 3.05) is 5.32 Å². The molecule has 0 bridgehead atoms. The molecule has 1 aromatic heterocycles. The summed E-state index contributed by atoms with van der Waals surface area (Å²) >= 11 is 0. The number of nitrogens with one attached hydrogen (secondary N) is 1. The van der Waals surface area contributed by atoms with E-state index in [1.54, 1.807) is 20.8 Å². The Kier molecular flexibility index (Phi) is 3.31. The van der Waals surface area contributed by atoms with E-state index in [2.05, 4.69) is 10.3 Å². The van der Waals surface area contributed by atoms with Crippen molar-refractivity contribution >= 4 is 17.9 Å². The van der Waals surface area contributed by atoms with Crippen LogP contribution in [0.3, 0.4) is 0 Å². The molecule has 0 spiro atoms. The molecule has 88 valence electrons. The smallest absolute Gasteiger partial charge is 0.415 e. The molecular formula is C10H14N2O4. The molecule has 1 rings (SSSR count). The van der Waals surface area contributed by atoms with Crippen molar-refractivity contribution in [3.05, 3.63) is 12.0 Å². The van der Waals surface area contributed by atoms with Gasteiger partial charge in [-0.1, -0.05) is 0 Å². The summed E-state index contributed by atoms with van der Waals surface area (Å²) in [5.41, 5.74) is -0.597. The molecule has 6 heteroatoms. The zero-order valence-corrected chi connectivity index (χ0v) is 9.66. The van der Waals surface area contributed by atoms with Gasteiger partial charge in [0, 0.05) is 6.92 Å². The highest BCUT2D eigenvalue weighted by Crippen LogP contribution is 2.12. The number of hydrogen-bond donors (Lipinski definition) is 1. The predicted octanol–water partition coefficient (Wildman–Crippen LogP) is 2.22. The topological polar surface area (TPSA) is 81.4 Å². The number of nitrogens with zero attached hydrogens (tertiary/aromatic N) is 1. The highest BCUT2D eigenvalue weighted by molar-refractivity contribution is 5.91. The third-order valence-electron chi connectivity index (χ3n) is 1.46. The number of carbonyl (C=O) groups excluding carboxylic acids is 2. The largest absolute Gasteiger partial charge is 0.443 e. The van der Waals surface area contributed by atoms with Gasteiger partial charge in [-0.15, -0.1) is 0 Å². The van der Waals surface area contributed by atoms with Crippen LogP contribution in [0, 0.1) is 0 Å². The lowest BCUT2D eigenvalue weighted by Crippen LogP contribution is -2.27. The Labute approximate surface area is 93.0 Å². The normalized spacial score (nSPS) is 11.0. The van der Waals surface area contributed by atoms with Crippen LogP contribution in [-0.2, 0) is 4.74 Å². The van der Waals surface area contributed by atoms with E-state index in [1.807, 2.05) is 0 Å². The fraction of sp³-hybridized carbons (Fsp3) is 0.500. The second-order valence-corrected chi connectivity index (χ2v) is 4.21. The molecule has 0 fully saturated rings. The minimum Gasteiger partial charge on any atom is -0.443 e. The number of aromatic nitrogens is 1. The lowest BCUT2D eigenvalue weighted by atomic mass is 10.2. The Bertz CT molecular complexity index is 403. The maximum absolute atomic E-state index is 11.3. The molecule has 16 heavy (non-hydrogen) atoms. The van der Waals surface area contributed by atoms with Crippen molar-refractivity contribution in [1.29, 1.82) is 0 Å². The quantitative estimate of drug-likeness (QED) is 0.782. The third kappa shape index (κ3) is 3.72. The summed E-state index contributed by atoms with van der Waals surface area (Å²) in [6.07, 6.45) is 0.569. The zero-order valence-electron chi connectivity index (χ0n) is 9.66. The number of Topliss-reactive ketones (excluding diaryl/α,β-unsaturated/α-hetero) is 1. The van der Waals surface area contributed by atoms with E-state index in [0.717, 1.165) is 0 Å². The molecule has 1 amide bonds. The summed E-state index contributed by atoms with van der Waals surface area (Å²) in [5, 5.41) is 2.28. The first-order chi connectivity index (χ1) is 7.28. The Morgan fingerprint density at radius 1 is 1.44 bits per heavy atom. The van der Waals surface area contributed by atoms with E-state index in [-0.39, 0.29) is 17.6 Å². The van der Waals surface area contributed by atoms with Gasteiger partial charge >= 0.3 is 12.1 Å². The van der Waals surface area contributed by atoms with Crippen molar-refractivity contribution in [3.63, 3.8) is 0 Å². The molecule has 0 saturated heterocycles. The summed E-state index contributed by atoms with van der Waals surface area (Å²) in [7, 11) is 0. The number of anilines is 1. The molecule has 0 aliphatic rings. The number of ether oxygens (including phenoxy) is 1. The van der Waals surface area contributed by atoms with Crippen molar-refractivity contribution < 1.29 is 18.7 Å². The minimum atomic E-state index is -0.676. The predicted molar refractivity (Wildman–Crippen MR) is 56.4 cm³/mol. The molecule has 0 aromatic carbocycles. The SMILES string of the molecule is CC(=O)c1cnc(NC(=O)OC(C)(C)C)o1. The Hall–Kier alpha value is -1.85. The monoisotopic (exact) mass is 226 g/mol. The van der Waals surface area contributed by atoms with Crippen molar-refractivity contribution in [1.82, 2.24) is 4.98 Å². The maximum atomic E-state index is 11.3. The summed E-state index contributed by atoms with van der Waals surface area (Å²) in [6.45, 7) is 6.56. The van der Waals surface area contributed by atoms with Crippen LogP contribution in [0.4, 0.5) is 10.8 Å². The van der Waals surface area contributed by atoms with Crippen LogP contribution in [0.15, 0.2) is 10.6 Å². The fourth-order valence-corrected chi connectivity index (χ4v) is 0.886. The summed E-state index contributed by atoms with van der Waals surface area (Å²) in [5.74, 6) is -0.171. The number of hydrogen-bond acceptors (Lipinski definition) is 5. The van der Waals surface area contributed by atoms with Crippen LogP contribution in [0.25, 0.3) is 0 Å². The van der Waals surface area contributed by atoms with Crippen molar-refractivity contribution in [2.45, 2.75) is 33.3 Å². The molecule has 0 aliphatic carbocycles. The summed E-state index contributed by atoms with van der Waals surface area (Å²) in [6, 6.07) is -0.0561. The van der Waals surface area contributed by atoms with Crippen LogP contribution in [0.1, 0.15) is 38.2 Å². The van der Waals surface area contributed by atoms with Gasteiger partial charge in [-0.25, -0.2) is 15.1 Å². The van der Waals surface area contributed by atoms with Gasteiger partial charge in [-0.2, -0.15) is 0 Å². The molecule has 0 radical (unpaired) electrons. The van der Waals surface area contributed by atoms with Gasteiger partial charge in [0.05, 0.1) is 6.20 Å². The van der Waals surface area contributed by atoms with Crippen molar-refractivity contribution in [2.24, 2.45) is 0 Å². The van der Waals surface area contributed by atoms with E-state index in [1.165, 1.54) is 13.1 Å². The number of oxazole rings is 1. The average Bonchev–Trinajstić information content (AvgIpc) is 2.48. The van der Waals surface area contributed by atoms with Gasteiger partial charge < -0.3 is 9.15 Å². The fourth-order valence-electron chi connectivity index (χ4n) is 0.886. The molecule has 6 nitrogen and oxygen atoms in total. The number of rotatable bonds is 2. The molecular weight excluding hydrogens is 212 g/mol. The van der Waals surface area contributed by atoms with Gasteiger partial charge in [-0.3, -0.25) is 4.79 Å². The van der Waals surface area contributed by atoms with E-state index < -0.39 is 11.7 Å². The number of ketones is 1. The van der Waals surface area contributed by atoms with Gasteiger partial charge in [0.2, 0.25) is 0 Å². The van der Waals surface area contributed by atoms with E-state index in [9.17, 15) is 9.59 Å². The van der Waals surface area contributed by atoms with E-state index in [4.69, 9.17) is 9.15 Å². The molecule has 1 N–H and O–H groups in total. The summed E-state index contributed by atoms with van der Waals surface area (Å²) < 4.78 is 9.93. The van der Waals surface area contributed by atoms with Gasteiger partial charge in [-0.05, 0) is 20.8 Å². The van der Waals surface area contributed by atoms with Crippen molar-refractivity contribution in [3.8, 4) is 0 Å². The molecule has 1 heterocycles. The maximum Gasteiger partial charge on any atom is 0.415 e. The first-order valence-electron chi connectivity index (χ1n) is 4.75. The number of amides is 1. The van der Waals surface area contributed by atoms with Gasteiger partial charge in [0.1, 0.15) is 5.60 Å². The van der Waals surface area contributed by atoms with E-state index >= 15 is 0 Å². The Morgan fingerprint density at radius 3 is 2.50 bits per heavy atom. The second kappa shape index (κ2) is 4.34. The van der Waals surface area contributed by atoms with Gasteiger partial charge in [0.15, 0.2) is 11.5 Å². The van der Waals surface area contributed by atoms with Crippen LogP contribution in [0.5, 0.6) is 0 Å². The van der Waals surface area contributed by atoms with Crippen LogP contribution < -0.4 is 5.32 Å². The molecule has 0 unspecified atom stereocenters. The van der Waals surface area contributed by atoms with E-state index in [0.29, 0.717) is 0 Å². The standard InChI is InChI=1S/C10H14N2O4/c1-6(13)7-5-11-8(15-7)12-9(14)16-10(2,3)4/h5H,1-4H3,(H,11,12,14). The molecule has 1 aromatic rings. The summed E-state index contributed by atoms with van der Waals surface area (Å²) in [4.78, 5) is 25.9. The Morgan fingerprint density at radius 2 is 2.06 bits per heavy atom. The van der Waals surface area contributed by atoms with Crippen LogP contribution in [0.2, 0.25) is 0 Å². The molecule has 0 atom stereocenters. The lowest BCUT2D eigenvalue weighted by Gasteiger charge is -2.18. The first kappa shape index (κ1) is 12.2. The van der Waals surface area contributed by atoms with Crippen LogP contribution >= 0.6 is 0 Å². The lowest BCUT2D eigenvalue weighted by molar-refractivity contribution is 0.0630. The Balaban J connectivity index is 2.60. The average molecular weight is 226 g/mol. The van der Waals surface area contributed by atoms with Gasteiger partial charge in [0.25, 0.3) is 0 Å². The zero-order chi connectivity index (χ0) is 12.3. The minimum absolute atomic E-state index is 0.0561. The van der Waals surface area contributed by atoms with Crippen LogP contribution in [-0.4, -0.2) is 22.5 Å². The second-order valence-electron chi connectivity index (χ2n) is 4.21. The first-order valence-corrected chi connectivity index (χ1v) is 4.75. The highest BCUT2D eigenvalue weighted by atomic mass is 16.6. The third-order valence-corrected chi connectivity index (χ3v) is 1.46.